The smallest absolute Gasteiger partial charge is 0.387 e. The molecule has 0 saturated heterocycles. The van der Waals surface area contributed by atoms with E-state index in [4.69, 9.17) is 0 Å². The Morgan fingerprint density at radius 1 is 1.15 bits per heavy atom. The van der Waals surface area contributed by atoms with E-state index in [1.54, 1.807) is 0 Å². The van der Waals surface area contributed by atoms with E-state index in [-0.39, 0.29) is 24.4 Å². The van der Waals surface area contributed by atoms with Crippen molar-refractivity contribution >= 4 is 5.91 Å². The van der Waals surface area contributed by atoms with E-state index in [0.29, 0.717) is 6.42 Å². The van der Waals surface area contributed by atoms with Crippen molar-refractivity contribution in [3.05, 3.63) is 70.3 Å². The van der Waals surface area contributed by atoms with Crippen LogP contribution < -0.4 is 5.32 Å². The van der Waals surface area contributed by atoms with Crippen LogP contribution >= 0.6 is 0 Å². The Labute approximate surface area is 150 Å². The van der Waals surface area contributed by atoms with Gasteiger partial charge in [-0.25, -0.2) is 0 Å². The summed E-state index contributed by atoms with van der Waals surface area (Å²) >= 11 is 0. The first-order valence-corrected chi connectivity index (χ1v) is 8.35. The summed E-state index contributed by atoms with van der Waals surface area (Å²) in [6.07, 6.45) is -4.84. The molecule has 0 radical (unpaired) electrons. The molecule has 1 atom stereocenters. The van der Waals surface area contributed by atoms with E-state index in [9.17, 15) is 23.1 Å². The van der Waals surface area contributed by atoms with Gasteiger partial charge in [-0.1, -0.05) is 35.9 Å². The fourth-order valence-electron chi connectivity index (χ4n) is 2.71. The maximum atomic E-state index is 12.7. The number of aliphatic hydroxyl groups is 1. The quantitative estimate of drug-likeness (QED) is 0.810. The van der Waals surface area contributed by atoms with Gasteiger partial charge in [0.05, 0.1) is 11.7 Å². The number of aryl methyl sites for hydroxylation is 3. The number of hydrogen-bond acceptors (Lipinski definition) is 2. The number of carbonyl (C=O) groups excluding carboxylic acids is 1. The monoisotopic (exact) mass is 365 g/mol. The first-order valence-electron chi connectivity index (χ1n) is 8.35. The number of hydrogen-bond donors (Lipinski definition) is 2. The molecule has 3 nitrogen and oxygen atoms in total. The van der Waals surface area contributed by atoms with Gasteiger partial charge in [0.1, 0.15) is 0 Å². The number of nitrogens with one attached hydrogen (secondary N) is 1. The van der Waals surface area contributed by atoms with Crippen LogP contribution in [-0.2, 0) is 17.4 Å². The average molecular weight is 365 g/mol. The minimum Gasteiger partial charge on any atom is -0.387 e. The second-order valence-electron chi connectivity index (χ2n) is 6.37. The van der Waals surface area contributed by atoms with Crippen LogP contribution in [0.15, 0.2) is 42.5 Å². The van der Waals surface area contributed by atoms with E-state index in [2.05, 4.69) is 5.32 Å². The van der Waals surface area contributed by atoms with Crippen molar-refractivity contribution in [2.45, 2.75) is 39.0 Å². The van der Waals surface area contributed by atoms with Crippen molar-refractivity contribution in [3.63, 3.8) is 0 Å². The predicted octanol–water partition coefficient (Wildman–Crippen LogP) is 4.10. The van der Waals surface area contributed by atoms with Gasteiger partial charge in [-0.15, -0.1) is 0 Å². The molecule has 0 saturated carbocycles. The highest BCUT2D eigenvalue weighted by atomic mass is 19.4. The van der Waals surface area contributed by atoms with E-state index < -0.39 is 17.8 Å². The van der Waals surface area contributed by atoms with Crippen LogP contribution in [0.2, 0.25) is 0 Å². The highest BCUT2D eigenvalue weighted by Gasteiger charge is 2.30. The number of amides is 1. The van der Waals surface area contributed by atoms with Crippen LogP contribution in [0.3, 0.4) is 0 Å². The van der Waals surface area contributed by atoms with Crippen molar-refractivity contribution in [1.82, 2.24) is 5.32 Å². The van der Waals surface area contributed by atoms with Crippen molar-refractivity contribution < 1.29 is 23.1 Å². The molecule has 1 amide bonds. The van der Waals surface area contributed by atoms with Gasteiger partial charge in [-0.3, -0.25) is 4.79 Å². The average Bonchev–Trinajstić information content (AvgIpc) is 2.58. The number of benzene rings is 2. The summed E-state index contributed by atoms with van der Waals surface area (Å²) in [6.45, 7) is 3.85. The summed E-state index contributed by atoms with van der Waals surface area (Å²) in [6, 6.07) is 10.5. The molecule has 0 aromatic heterocycles. The minimum atomic E-state index is -4.47. The number of aliphatic hydroxyl groups excluding tert-OH is 1. The summed E-state index contributed by atoms with van der Waals surface area (Å²) < 4.78 is 38.1. The van der Waals surface area contributed by atoms with Gasteiger partial charge in [-0.2, -0.15) is 13.2 Å². The molecule has 0 fully saturated rings. The Hall–Kier alpha value is -2.34. The van der Waals surface area contributed by atoms with E-state index in [1.807, 2.05) is 32.0 Å². The standard InChI is InChI=1S/C20H22F3NO2/c1-13-6-7-15(14(2)10-13)8-9-19(26)24-12-18(25)16-4-3-5-17(11-16)20(21,22)23/h3-7,10-11,18,25H,8-9,12H2,1-2H3,(H,24,26). The molecule has 0 heterocycles. The molecule has 140 valence electrons. The normalized spacial score (nSPS) is 12.7. The summed E-state index contributed by atoms with van der Waals surface area (Å²) in [7, 11) is 0. The fraction of sp³-hybridized carbons (Fsp3) is 0.350. The molecule has 2 aromatic rings. The maximum absolute atomic E-state index is 12.7. The predicted molar refractivity (Wildman–Crippen MR) is 93.7 cm³/mol. The number of alkyl halides is 3. The molecule has 0 aliphatic carbocycles. The van der Waals surface area contributed by atoms with Crippen molar-refractivity contribution in [2.24, 2.45) is 0 Å². The van der Waals surface area contributed by atoms with Gasteiger partial charge in [0.15, 0.2) is 0 Å². The number of rotatable bonds is 6. The maximum Gasteiger partial charge on any atom is 0.416 e. The second-order valence-corrected chi connectivity index (χ2v) is 6.37. The first kappa shape index (κ1) is 20.0. The lowest BCUT2D eigenvalue weighted by atomic mass is 10.0. The molecule has 2 rings (SSSR count). The number of halogens is 3. The second kappa shape index (κ2) is 8.36. The van der Waals surface area contributed by atoms with Crippen LogP contribution in [0.25, 0.3) is 0 Å². The minimum absolute atomic E-state index is 0.120. The van der Waals surface area contributed by atoms with Gasteiger partial charge >= 0.3 is 6.18 Å². The van der Waals surface area contributed by atoms with Gasteiger partial charge in [-0.05, 0) is 49.1 Å². The van der Waals surface area contributed by atoms with Crippen molar-refractivity contribution in [1.29, 1.82) is 0 Å². The Morgan fingerprint density at radius 2 is 1.88 bits per heavy atom. The number of carbonyl (C=O) groups is 1. The molecule has 0 aliphatic heterocycles. The summed E-state index contributed by atoms with van der Waals surface area (Å²) in [5.74, 6) is -0.254. The van der Waals surface area contributed by atoms with Crippen LogP contribution in [0, 0.1) is 13.8 Å². The van der Waals surface area contributed by atoms with Crippen molar-refractivity contribution in [3.8, 4) is 0 Å². The molecule has 6 heteroatoms. The van der Waals surface area contributed by atoms with E-state index in [0.717, 1.165) is 28.8 Å². The Bertz CT molecular complexity index is 772. The van der Waals surface area contributed by atoms with Crippen LogP contribution in [0.4, 0.5) is 13.2 Å². The van der Waals surface area contributed by atoms with Gasteiger partial charge in [0.2, 0.25) is 5.91 Å². The van der Waals surface area contributed by atoms with Gasteiger partial charge < -0.3 is 10.4 Å². The zero-order valence-corrected chi connectivity index (χ0v) is 14.7. The van der Waals surface area contributed by atoms with Crippen molar-refractivity contribution in [2.75, 3.05) is 6.54 Å². The van der Waals surface area contributed by atoms with E-state index >= 15 is 0 Å². The topological polar surface area (TPSA) is 49.3 Å². The summed E-state index contributed by atoms with van der Waals surface area (Å²) in [4.78, 5) is 12.0. The molecule has 2 aromatic carbocycles. The fourth-order valence-corrected chi connectivity index (χ4v) is 2.71. The lowest BCUT2D eigenvalue weighted by Gasteiger charge is -2.15. The van der Waals surface area contributed by atoms with Crippen LogP contribution in [0.1, 0.15) is 40.3 Å². The summed E-state index contributed by atoms with van der Waals surface area (Å²) in [5.41, 5.74) is 2.63. The molecule has 0 bridgehead atoms. The lowest BCUT2D eigenvalue weighted by molar-refractivity contribution is -0.137. The van der Waals surface area contributed by atoms with Crippen LogP contribution in [-0.4, -0.2) is 17.6 Å². The highest BCUT2D eigenvalue weighted by molar-refractivity contribution is 5.76. The molecule has 26 heavy (non-hydrogen) atoms. The SMILES string of the molecule is Cc1ccc(CCC(=O)NCC(O)c2cccc(C(F)(F)F)c2)c(C)c1. The molecular formula is C20H22F3NO2. The molecular weight excluding hydrogens is 343 g/mol. The molecule has 2 N–H and O–H groups in total. The zero-order chi connectivity index (χ0) is 19.3. The Balaban J connectivity index is 1.87. The Kier molecular flexibility index (Phi) is 6.42. The lowest BCUT2D eigenvalue weighted by Crippen LogP contribution is -2.28. The summed E-state index contributed by atoms with van der Waals surface area (Å²) in [5, 5.41) is 12.6. The third-order valence-electron chi connectivity index (χ3n) is 4.21. The van der Waals surface area contributed by atoms with E-state index in [1.165, 1.54) is 12.1 Å². The zero-order valence-electron chi connectivity index (χ0n) is 14.7. The van der Waals surface area contributed by atoms with Gasteiger partial charge in [0, 0.05) is 13.0 Å². The Morgan fingerprint density at radius 3 is 2.54 bits per heavy atom. The third-order valence-corrected chi connectivity index (χ3v) is 4.21. The van der Waals surface area contributed by atoms with Gasteiger partial charge in [0.25, 0.3) is 0 Å². The largest absolute Gasteiger partial charge is 0.416 e. The third kappa shape index (κ3) is 5.59. The molecule has 0 aliphatic rings. The molecule has 1 unspecified atom stereocenters. The highest BCUT2D eigenvalue weighted by Crippen LogP contribution is 2.30. The first-order chi connectivity index (χ1) is 12.2. The van der Waals surface area contributed by atoms with Crippen LogP contribution in [0.5, 0.6) is 0 Å². The molecule has 0 spiro atoms.